The van der Waals surface area contributed by atoms with Crippen molar-refractivity contribution in [1.29, 1.82) is 0 Å². The first-order valence-corrected chi connectivity index (χ1v) is 6.79. The summed E-state index contributed by atoms with van der Waals surface area (Å²) in [7, 11) is 0. The zero-order valence-electron chi connectivity index (χ0n) is 14.3. The van der Waals surface area contributed by atoms with Gasteiger partial charge in [-0.1, -0.05) is 41.5 Å². The zero-order valence-corrected chi connectivity index (χ0v) is 15.8. The van der Waals surface area contributed by atoms with Crippen molar-refractivity contribution >= 4 is 0 Å². The number of aliphatic hydroxyl groups is 3. The van der Waals surface area contributed by atoms with Gasteiger partial charge in [-0.05, 0) is 17.8 Å². The number of hydrogen-bond acceptors (Lipinski definition) is 3. The summed E-state index contributed by atoms with van der Waals surface area (Å²) in [5, 5.41) is 24.4. The molecule has 0 unspecified atom stereocenters. The van der Waals surface area contributed by atoms with Crippen LogP contribution in [0, 0.1) is 24.2 Å². The molecule has 0 atom stereocenters. The fraction of sp³-hybridized carbons (Fsp3) is 0.933. The van der Waals surface area contributed by atoms with Crippen molar-refractivity contribution in [3.05, 3.63) is 6.42 Å². The molecule has 0 aliphatic heterocycles. The maximum absolute atomic E-state index is 8.14. The van der Waals surface area contributed by atoms with Gasteiger partial charge in [0.25, 0.3) is 0 Å². The second kappa shape index (κ2) is 31.1. The van der Waals surface area contributed by atoms with Gasteiger partial charge in [-0.25, -0.2) is 0 Å². The summed E-state index contributed by atoms with van der Waals surface area (Å²) in [4.78, 5) is 0. The van der Waals surface area contributed by atoms with Crippen LogP contribution in [0.5, 0.6) is 0 Å². The van der Waals surface area contributed by atoms with E-state index in [0.717, 1.165) is 0 Å². The van der Waals surface area contributed by atoms with E-state index in [1.165, 1.54) is 0 Å². The summed E-state index contributed by atoms with van der Waals surface area (Å²) in [6.45, 7) is 16.8. The van der Waals surface area contributed by atoms with Gasteiger partial charge in [-0.15, -0.1) is 0 Å². The molecule has 0 bridgehead atoms. The van der Waals surface area contributed by atoms with Gasteiger partial charge >= 0.3 is 0 Å². The number of rotatable bonds is 3. The van der Waals surface area contributed by atoms with E-state index in [4.69, 9.17) is 15.3 Å². The molecule has 0 aromatic heterocycles. The molecule has 3 N–H and O–H groups in total. The molecule has 0 amide bonds. The average molecular weight is 313 g/mol. The van der Waals surface area contributed by atoms with Crippen LogP contribution >= 0.6 is 0 Å². The van der Waals surface area contributed by atoms with Crippen LogP contribution in [0.25, 0.3) is 0 Å². The van der Waals surface area contributed by atoms with Gasteiger partial charge in [0.2, 0.25) is 0 Å². The van der Waals surface area contributed by atoms with Gasteiger partial charge < -0.3 is 21.7 Å². The third-order valence-electron chi connectivity index (χ3n) is 1.10. The third-order valence-corrected chi connectivity index (χ3v) is 1.10. The van der Waals surface area contributed by atoms with Crippen LogP contribution in [0.2, 0.25) is 0 Å². The Morgan fingerprint density at radius 2 is 0.684 bits per heavy atom. The van der Waals surface area contributed by atoms with Gasteiger partial charge in [0.15, 0.2) is 0 Å². The van der Waals surface area contributed by atoms with E-state index >= 15 is 0 Å². The maximum atomic E-state index is 8.14. The number of hydrogen-bond donors (Lipinski definition) is 3. The van der Waals surface area contributed by atoms with Crippen LogP contribution in [0.4, 0.5) is 0 Å². The van der Waals surface area contributed by atoms with E-state index < -0.39 is 0 Å². The van der Waals surface area contributed by atoms with E-state index in [-0.39, 0.29) is 21.7 Å². The SMILES string of the molecule is CC(C)CO.CC(C)CO.CC(C)CO.C[CH-]C.[Ti]. The Labute approximate surface area is 136 Å². The second-order valence-corrected chi connectivity index (χ2v) is 5.31. The molecule has 3 nitrogen and oxygen atoms in total. The molecule has 0 aromatic rings. The van der Waals surface area contributed by atoms with Crippen molar-refractivity contribution in [1.82, 2.24) is 0 Å². The Bertz CT molecular complexity index is 88.5. The first-order valence-electron chi connectivity index (χ1n) is 6.79. The molecule has 0 aliphatic carbocycles. The molecule has 4 heteroatoms. The Morgan fingerprint density at radius 3 is 0.684 bits per heavy atom. The fourth-order valence-corrected chi connectivity index (χ4v) is 0. The standard InChI is InChI=1S/3C4H10O.C3H7.Ti/c3*1-4(2)3-5;1-3-2;/h3*4-5H,3H2,1-2H3;3H,1-2H3;/q;;;-1;. The first-order chi connectivity index (χ1) is 8.22. The van der Waals surface area contributed by atoms with Crippen LogP contribution in [0.3, 0.4) is 0 Å². The molecule has 0 heterocycles. The van der Waals surface area contributed by atoms with E-state index in [1.54, 1.807) is 0 Å². The zero-order chi connectivity index (χ0) is 15.6. The predicted octanol–water partition coefficient (Wildman–Crippen LogP) is 3.13. The Balaban J connectivity index is -0.0000000458. The van der Waals surface area contributed by atoms with Crippen LogP contribution in [0.1, 0.15) is 55.4 Å². The minimum atomic E-state index is 0. The minimum Gasteiger partial charge on any atom is -0.396 e. The first kappa shape index (κ1) is 31.8. The van der Waals surface area contributed by atoms with Crippen molar-refractivity contribution in [2.75, 3.05) is 19.8 Å². The Morgan fingerprint density at radius 1 is 0.632 bits per heavy atom. The Hall–Kier alpha value is 0.594. The van der Waals surface area contributed by atoms with E-state index in [9.17, 15) is 0 Å². The van der Waals surface area contributed by atoms with Crippen LogP contribution in [-0.2, 0) is 21.7 Å². The van der Waals surface area contributed by atoms with Crippen LogP contribution in [0.15, 0.2) is 0 Å². The molecular weight excluding hydrogens is 276 g/mol. The maximum Gasteiger partial charge on any atom is 0.0453 e. The van der Waals surface area contributed by atoms with E-state index in [1.807, 2.05) is 61.8 Å². The average Bonchev–Trinajstić information content (AvgIpc) is 2.31. The summed E-state index contributed by atoms with van der Waals surface area (Å²) < 4.78 is 0. The molecule has 0 fully saturated rings. The van der Waals surface area contributed by atoms with Gasteiger partial charge in [-0.3, -0.25) is 0 Å². The van der Waals surface area contributed by atoms with Gasteiger partial charge in [-0.2, -0.15) is 13.8 Å². The van der Waals surface area contributed by atoms with Gasteiger partial charge in [0.05, 0.1) is 0 Å². The molecule has 0 aliphatic rings. The summed E-state index contributed by atoms with van der Waals surface area (Å²) in [6.07, 6.45) is 2.00. The molecule has 19 heavy (non-hydrogen) atoms. The van der Waals surface area contributed by atoms with Crippen molar-refractivity contribution < 1.29 is 37.0 Å². The molecule has 120 valence electrons. The molecule has 0 aromatic carbocycles. The third kappa shape index (κ3) is 118. The molecule has 0 rings (SSSR count). The summed E-state index contributed by atoms with van der Waals surface area (Å²) >= 11 is 0. The van der Waals surface area contributed by atoms with Crippen molar-refractivity contribution in [2.24, 2.45) is 17.8 Å². The Kier molecular flexibility index (Phi) is 52.1. The van der Waals surface area contributed by atoms with E-state index in [2.05, 4.69) is 0 Å². The van der Waals surface area contributed by atoms with Crippen molar-refractivity contribution in [2.45, 2.75) is 55.4 Å². The van der Waals surface area contributed by atoms with Crippen LogP contribution in [-0.4, -0.2) is 35.1 Å². The largest absolute Gasteiger partial charge is 0.396 e. The molecule has 0 saturated carbocycles. The van der Waals surface area contributed by atoms with Gasteiger partial charge in [0.1, 0.15) is 0 Å². The molecular formula is C15H37O3Ti-. The monoisotopic (exact) mass is 313 g/mol. The van der Waals surface area contributed by atoms with Gasteiger partial charge in [0, 0.05) is 41.5 Å². The molecule has 0 saturated heterocycles. The normalized spacial score (nSPS) is 8.53. The topological polar surface area (TPSA) is 60.7 Å². The smallest absolute Gasteiger partial charge is 0.0453 e. The summed E-state index contributed by atoms with van der Waals surface area (Å²) in [5.74, 6) is 1.32. The fourth-order valence-electron chi connectivity index (χ4n) is 0. The number of aliphatic hydroxyl groups excluding tert-OH is 3. The summed E-state index contributed by atoms with van der Waals surface area (Å²) in [6, 6.07) is 0. The quantitative estimate of drug-likeness (QED) is 0.554. The minimum absolute atomic E-state index is 0. The predicted molar refractivity (Wildman–Crippen MR) is 81.4 cm³/mol. The van der Waals surface area contributed by atoms with Crippen LogP contribution < -0.4 is 0 Å². The van der Waals surface area contributed by atoms with E-state index in [0.29, 0.717) is 37.6 Å². The second-order valence-electron chi connectivity index (χ2n) is 5.31. The summed E-state index contributed by atoms with van der Waals surface area (Å²) in [5.41, 5.74) is 0. The molecule has 0 radical (unpaired) electrons. The van der Waals surface area contributed by atoms with Crippen molar-refractivity contribution in [3.8, 4) is 0 Å². The molecule has 0 spiro atoms. The van der Waals surface area contributed by atoms with Crippen molar-refractivity contribution in [3.63, 3.8) is 0 Å².